The number of rotatable bonds is 8. The molecule has 0 aromatic heterocycles. The van der Waals surface area contributed by atoms with Crippen LogP contribution in [0.25, 0.3) is 0 Å². The molecule has 4 nitrogen and oxygen atoms in total. The third-order valence-electron chi connectivity index (χ3n) is 1.96. The average molecular weight is 286 g/mol. The van der Waals surface area contributed by atoms with E-state index in [4.69, 9.17) is 5.11 Å². The molecule has 6 heteroatoms. The molecule has 0 unspecified atom stereocenters. The van der Waals surface area contributed by atoms with Crippen molar-refractivity contribution >= 4 is 33.2 Å². The van der Waals surface area contributed by atoms with Crippen molar-refractivity contribution in [3.63, 3.8) is 0 Å². The number of benzene rings is 1. The first kappa shape index (κ1) is 15.4. The number of aliphatic hydroxyl groups excluding tert-OH is 1. The van der Waals surface area contributed by atoms with Crippen molar-refractivity contribution in [1.82, 2.24) is 5.32 Å². The summed E-state index contributed by atoms with van der Waals surface area (Å²) in [5.41, 5.74) is 0.799. The van der Waals surface area contributed by atoms with Gasteiger partial charge in [-0.15, -0.1) is 0 Å². The van der Waals surface area contributed by atoms with Gasteiger partial charge in [0, 0.05) is 22.9 Å². The molecule has 1 aromatic carbocycles. The Morgan fingerprint density at radius 1 is 1.44 bits per heavy atom. The third-order valence-corrected chi connectivity index (χ3v) is 4.40. The van der Waals surface area contributed by atoms with Gasteiger partial charge in [0.15, 0.2) is 0 Å². The van der Waals surface area contributed by atoms with Crippen LogP contribution in [0.1, 0.15) is 6.92 Å². The number of amides is 1. The van der Waals surface area contributed by atoms with E-state index in [1.54, 1.807) is 21.6 Å². The summed E-state index contributed by atoms with van der Waals surface area (Å²) in [6, 6.07) is 7.77. The maximum atomic E-state index is 11.5. The molecule has 0 atom stereocenters. The maximum Gasteiger partial charge on any atom is 0.238 e. The number of nitrogens with one attached hydrogen (secondary N) is 2. The van der Waals surface area contributed by atoms with E-state index in [9.17, 15) is 4.79 Å². The largest absolute Gasteiger partial charge is 0.395 e. The van der Waals surface area contributed by atoms with Crippen molar-refractivity contribution in [3.05, 3.63) is 24.3 Å². The van der Waals surface area contributed by atoms with Crippen LogP contribution in [0, 0.1) is 0 Å². The standard InChI is InChI=1S/C12H18N2O2S2/c1-2-17-18-11-5-3-4-10(8-11)14-12(16)9-13-6-7-15/h3-5,8,13,15H,2,6-7,9H2,1H3,(H,14,16). The van der Waals surface area contributed by atoms with Crippen molar-refractivity contribution in [3.8, 4) is 0 Å². The lowest BCUT2D eigenvalue weighted by atomic mass is 10.3. The van der Waals surface area contributed by atoms with Gasteiger partial charge in [-0.3, -0.25) is 4.79 Å². The summed E-state index contributed by atoms with van der Waals surface area (Å²) in [4.78, 5) is 12.7. The van der Waals surface area contributed by atoms with E-state index in [-0.39, 0.29) is 19.1 Å². The fourth-order valence-corrected chi connectivity index (χ4v) is 2.87. The van der Waals surface area contributed by atoms with Crippen LogP contribution in [-0.2, 0) is 4.79 Å². The Morgan fingerprint density at radius 3 is 3.00 bits per heavy atom. The Kier molecular flexibility index (Phi) is 7.91. The molecule has 0 radical (unpaired) electrons. The second kappa shape index (κ2) is 9.27. The number of carbonyl (C=O) groups is 1. The molecule has 0 heterocycles. The van der Waals surface area contributed by atoms with Crippen molar-refractivity contribution < 1.29 is 9.90 Å². The zero-order chi connectivity index (χ0) is 13.2. The van der Waals surface area contributed by atoms with Crippen LogP contribution in [-0.4, -0.2) is 36.5 Å². The van der Waals surface area contributed by atoms with Crippen LogP contribution < -0.4 is 10.6 Å². The van der Waals surface area contributed by atoms with Gasteiger partial charge in [0.1, 0.15) is 0 Å². The molecule has 0 aliphatic heterocycles. The van der Waals surface area contributed by atoms with Gasteiger partial charge >= 0.3 is 0 Å². The Bertz CT molecular complexity index is 375. The summed E-state index contributed by atoms with van der Waals surface area (Å²) >= 11 is 0. The van der Waals surface area contributed by atoms with Crippen LogP contribution in [0.15, 0.2) is 29.2 Å². The number of hydrogen-bond donors (Lipinski definition) is 3. The van der Waals surface area contributed by atoms with Crippen molar-refractivity contribution in [1.29, 1.82) is 0 Å². The number of hydrogen-bond acceptors (Lipinski definition) is 5. The molecule has 0 saturated heterocycles. The molecule has 1 rings (SSSR count). The Morgan fingerprint density at radius 2 is 2.28 bits per heavy atom. The lowest BCUT2D eigenvalue weighted by Gasteiger charge is -2.07. The van der Waals surface area contributed by atoms with E-state index in [1.807, 2.05) is 24.3 Å². The Balaban J connectivity index is 2.43. The van der Waals surface area contributed by atoms with Crippen LogP contribution in [0.5, 0.6) is 0 Å². The van der Waals surface area contributed by atoms with E-state index in [2.05, 4.69) is 17.6 Å². The minimum absolute atomic E-state index is 0.0354. The van der Waals surface area contributed by atoms with Crippen LogP contribution in [0.4, 0.5) is 5.69 Å². The second-order valence-electron chi connectivity index (χ2n) is 3.47. The second-order valence-corrected chi connectivity index (χ2v) is 6.12. The Hall–Kier alpha value is -0.690. The number of carbonyl (C=O) groups excluding carboxylic acids is 1. The molecule has 0 aliphatic rings. The topological polar surface area (TPSA) is 61.4 Å². The average Bonchev–Trinajstić information content (AvgIpc) is 2.37. The highest BCUT2D eigenvalue weighted by molar-refractivity contribution is 8.76. The predicted molar refractivity (Wildman–Crippen MR) is 79.0 cm³/mol. The van der Waals surface area contributed by atoms with E-state index >= 15 is 0 Å². The molecule has 0 spiro atoms. The van der Waals surface area contributed by atoms with Crippen LogP contribution in [0.3, 0.4) is 0 Å². The summed E-state index contributed by atoms with van der Waals surface area (Å²) in [5, 5.41) is 14.2. The smallest absolute Gasteiger partial charge is 0.238 e. The van der Waals surface area contributed by atoms with Crippen LogP contribution in [0.2, 0.25) is 0 Å². The number of anilines is 1. The van der Waals surface area contributed by atoms with Crippen LogP contribution >= 0.6 is 21.6 Å². The summed E-state index contributed by atoms with van der Waals surface area (Å²) in [5.74, 6) is 0.945. The maximum absolute atomic E-state index is 11.5. The molecule has 1 amide bonds. The number of aliphatic hydroxyl groups is 1. The molecule has 1 aromatic rings. The molecule has 0 fully saturated rings. The van der Waals surface area contributed by atoms with Gasteiger partial charge in [0.05, 0.1) is 13.2 Å². The highest BCUT2D eigenvalue weighted by atomic mass is 33.1. The van der Waals surface area contributed by atoms with Crippen molar-refractivity contribution in [2.75, 3.05) is 30.8 Å². The monoisotopic (exact) mass is 286 g/mol. The molecular formula is C12H18N2O2S2. The molecule has 18 heavy (non-hydrogen) atoms. The first-order chi connectivity index (χ1) is 8.76. The molecular weight excluding hydrogens is 268 g/mol. The molecule has 100 valence electrons. The minimum Gasteiger partial charge on any atom is -0.395 e. The van der Waals surface area contributed by atoms with Crippen molar-refractivity contribution in [2.24, 2.45) is 0 Å². The van der Waals surface area contributed by atoms with Gasteiger partial charge in [-0.2, -0.15) is 0 Å². The minimum atomic E-state index is -0.103. The summed E-state index contributed by atoms with van der Waals surface area (Å²) in [6.07, 6.45) is 0. The fourth-order valence-electron chi connectivity index (χ4n) is 1.24. The molecule has 0 saturated carbocycles. The first-order valence-corrected chi connectivity index (χ1v) is 8.09. The summed E-state index contributed by atoms with van der Waals surface area (Å²) < 4.78 is 0. The molecule has 3 N–H and O–H groups in total. The van der Waals surface area contributed by atoms with Gasteiger partial charge in [-0.1, -0.05) is 34.6 Å². The first-order valence-electron chi connectivity index (χ1n) is 5.77. The van der Waals surface area contributed by atoms with E-state index in [0.29, 0.717) is 6.54 Å². The summed E-state index contributed by atoms with van der Waals surface area (Å²) in [7, 11) is 3.47. The van der Waals surface area contributed by atoms with E-state index in [0.717, 1.165) is 16.3 Å². The van der Waals surface area contributed by atoms with Crippen molar-refractivity contribution in [2.45, 2.75) is 11.8 Å². The highest BCUT2D eigenvalue weighted by Crippen LogP contribution is 2.31. The highest BCUT2D eigenvalue weighted by Gasteiger charge is 2.02. The molecule has 0 aliphatic carbocycles. The normalized spacial score (nSPS) is 10.3. The van der Waals surface area contributed by atoms with E-state index < -0.39 is 0 Å². The summed E-state index contributed by atoms with van der Waals surface area (Å²) in [6.45, 7) is 2.78. The predicted octanol–water partition coefficient (Wildman–Crippen LogP) is 1.97. The third kappa shape index (κ3) is 6.30. The van der Waals surface area contributed by atoms with Gasteiger partial charge in [0.2, 0.25) is 5.91 Å². The lowest BCUT2D eigenvalue weighted by Crippen LogP contribution is -2.29. The Labute approximate surface area is 115 Å². The van der Waals surface area contributed by atoms with E-state index in [1.165, 1.54) is 0 Å². The lowest BCUT2D eigenvalue weighted by molar-refractivity contribution is -0.115. The van der Waals surface area contributed by atoms with Gasteiger partial charge < -0.3 is 15.7 Å². The molecule has 0 bridgehead atoms. The zero-order valence-electron chi connectivity index (χ0n) is 10.3. The van der Waals surface area contributed by atoms with Gasteiger partial charge in [-0.05, 0) is 18.2 Å². The zero-order valence-corrected chi connectivity index (χ0v) is 11.9. The van der Waals surface area contributed by atoms with Gasteiger partial charge in [-0.25, -0.2) is 0 Å². The fraction of sp³-hybridized carbons (Fsp3) is 0.417. The quantitative estimate of drug-likeness (QED) is 0.504. The van der Waals surface area contributed by atoms with Gasteiger partial charge in [0.25, 0.3) is 0 Å². The SMILES string of the molecule is CCSSc1cccc(NC(=O)CNCCO)c1.